The molecule has 0 heterocycles. The third kappa shape index (κ3) is 10.5. The van der Waals surface area contributed by atoms with Gasteiger partial charge >= 0.3 is 18.2 Å². The molecule has 2 amide bonds. The van der Waals surface area contributed by atoms with Gasteiger partial charge in [-0.2, -0.15) is 0 Å². The topological polar surface area (TPSA) is 125 Å². The monoisotopic (exact) mass is 494 g/mol. The first-order chi connectivity index (χ1) is 16.3. The Morgan fingerprint density at radius 1 is 1.09 bits per heavy atom. The first-order valence-corrected chi connectivity index (χ1v) is 12.2. The van der Waals surface area contributed by atoms with Crippen LogP contribution in [-0.2, 0) is 20.9 Å². The van der Waals surface area contributed by atoms with Gasteiger partial charge in [0.15, 0.2) is 0 Å². The molecular formula is C26H42N2O7. The van der Waals surface area contributed by atoms with Gasteiger partial charge in [-0.25, -0.2) is 14.4 Å². The number of aliphatic hydroxyl groups excluding tert-OH is 1. The predicted molar refractivity (Wildman–Crippen MR) is 133 cm³/mol. The molecule has 0 aliphatic rings. The minimum Gasteiger partial charge on any atom is -0.480 e. The normalized spacial score (nSPS) is 15.0. The average molecular weight is 495 g/mol. The number of carboxylic acids is 1. The van der Waals surface area contributed by atoms with Crippen LogP contribution in [0.5, 0.6) is 0 Å². The summed E-state index contributed by atoms with van der Waals surface area (Å²) in [5.74, 6) is -1.22. The summed E-state index contributed by atoms with van der Waals surface area (Å²) >= 11 is 0. The summed E-state index contributed by atoms with van der Waals surface area (Å²) in [5.41, 5.74) is 0.0243. The number of hydrogen-bond donors (Lipinski definition) is 3. The van der Waals surface area contributed by atoms with E-state index in [1.165, 1.54) is 0 Å². The second-order valence-corrected chi connectivity index (χ2v) is 10.2. The Hall–Kier alpha value is -2.81. The third-order valence-corrected chi connectivity index (χ3v) is 5.38. The SMILES string of the molecule is CCC[C@H](NC(=O)OC(C)(C)C)[C@H](O)C(C)N(C(=O)OCc1ccccc1)[C@@H](CC(C)C)C(=O)O. The number of alkyl carbamates (subject to hydrolysis) is 1. The minimum absolute atomic E-state index is 0.0313. The minimum atomic E-state index is -1.26. The van der Waals surface area contributed by atoms with Crippen LogP contribution in [0.4, 0.5) is 9.59 Å². The molecule has 1 aromatic carbocycles. The number of carbonyl (C=O) groups excluding carboxylic acids is 2. The Kier molecular flexibility index (Phi) is 12.0. The van der Waals surface area contributed by atoms with Gasteiger partial charge in [0.2, 0.25) is 0 Å². The molecule has 0 aliphatic heterocycles. The number of nitrogens with one attached hydrogen (secondary N) is 1. The van der Waals surface area contributed by atoms with Gasteiger partial charge in [0.25, 0.3) is 0 Å². The second kappa shape index (κ2) is 13.9. The molecule has 1 rings (SSSR count). The Labute approximate surface area is 208 Å². The van der Waals surface area contributed by atoms with Crippen LogP contribution in [0, 0.1) is 5.92 Å². The Morgan fingerprint density at radius 2 is 1.69 bits per heavy atom. The lowest BCUT2D eigenvalue weighted by atomic mass is 9.95. The van der Waals surface area contributed by atoms with Crippen LogP contribution in [-0.4, -0.2) is 63.1 Å². The summed E-state index contributed by atoms with van der Waals surface area (Å²) in [6.45, 7) is 12.3. The molecule has 9 heteroatoms. The second-order valence-electron chi connectivity index (χ2n) is 10.2. The van der Waals surface area contributed by atoms with Crippen LogP contribution in [0.15, 0.2) is 30.3 Å². The zero-order valence-corrected chi connectivity index (χ0v) is 22.0. The van der Waals surface area contributed by atoms with E-state index in [4.69, 9.17) is 9.47 Å². The van der Waals surface area contributed by atoms with E-state index in [0.717, 1.165) is 10.5 Å². The molecule has 0 fully saturated rings. The van der Waals surface area contributed by atoms with Crippen molar-refractivity contribution < 1.29 is 34.1 Å². The van der Waals surface area contributed by atoms with E-state index in [2.05, 4.69) is 5.32 Å². The van der Waals surface area contributed by atoms with Gasteiger partial charge < -0.3 is 25.0 Å². The summed E-state index contributed by atoms with van der Waals surface area (Å²) in [6, 6.07) is 6.10. The van der Waals surface area contributed by atoms with E-state index < -0.39 is 48.0 Å². The fraction of sp³-hybridized carbons (Fsp3) is 0.654. The van der Waals surface area contributed by atoms with Gasteiger partial charge in [-0.3, -0.25) is 4.90 Å². The fourth-order valence-corrected chi connectivity index (χ4v) is 3.75. The number of rotatable bonds is 12. The molecule has 0 saturated heterocycles. The number of aliphatic carboxylic acids is 1. The maximum atomic E-state index is 13.2. The zero-order valence-electron chi connectivity index (χ0n) is 22.0. The molecule has 0 bridgehead atoms. The van der Waals surface area contributed by atoms with Crippen LogP contribution in [0.3, 0.4) is 0 Å². The molecule has 198 valence electrons. The standard InChI is InChI=1S/C26H42N2O7/c1-8-12-20(27-24(32)35-26(5,6)7)22(29)18(4)28(21(23(30)31)15-17(2)3)25(33)34-16-19-13-10-9-11-14-19/h9-11,13-14,17-18,20-22,29H,8,12,15-16H2,1-7H3,(H,27,32)(H,30,31)/t18?,20-,21-,22+/m0/s1. The van der Waals surface area contributed by atoms with Crippen LogP contribution < -0.4 is 5.32 Å². The van der Waals surface area contributed by atoms with Crippen molar-refractivity contribution in [2.45, 2.75) is 104 Å². The summed E-state index contributed by atoms with van der Waals surface area (Å²) < 4.78 is 10.8. The van der Waals surface area contributed by atoms with Crippen LogP contribution in [0.2, 0.25) is 0 Å². The predicted octanol–water partition coefficient (Wildman–Crippen LogP) is 4.57. The summed E-state index contributed by atoms with van der Waals surface area (Å²) in [7, 11) is 0. The fourth-order valence-electron chi connectivity index (χ4n) is 3.75. The van der Waals surface area contributed by atoms with E-state index in [1.54, 1.807) is 39.8 Å². The lowest BCUT2D eigenvalue weighted by Crippen LogP contribution is -2.59. The molecule has 1 aromatic rings. The van der Waals surface area contributed by atoms with Crippen molar-refractivity contribution in [3.05, 3.63) is 35.9 Å². The molecule has 0 aromatic heterocycles. The largest absolute Gasteiger partial charge is 0.480 e. The Bertz CT molecular complexity index is 808. The Morgan fingerprint density at radius 3 is 2.17 bits per heavy atom. The number of ether oxygens (including phenoxy) is 2. The summed E-state index contributed by atoms with van der Waals surface area (Å²) in [5, 5.41) is 23.8. The summed E-state index contributed by atoms with van der Waals surface area (Å²) in [4.78, 5) is 38.8. The zero-order chi connectivity index (χ0) is 26.8. The highest BCUT2D eigenvalue weighted by atomic mass is 16.6. The third-order valence-electron chi connectivity index (χ3n) is 5.38. The highest BCUT2D eigenvalue weighted by Gasteiger charge is 2.40. The molecular weight excluding hydrogens is 452 g/mol. The van der Waals surface area contributed by atoms with E-state index >= 15 is 0 Å². The van der Waals surface area contributed by atoms with Crippen LogP contribution in [0.1, 0.15) is 73.3 Å². The van der Waals surface area contributed by atoms with Gasteiger partial charge in [-0.1, -0.05) is 57.5 Å². The van der Waals surface area contributed by atoms with E-state index in [0.29, 0.717) is 12.8 Å². The first-order valence-electron chi connectivity index (χ1n) is 12.2. The van der Waals surface area contributed by atoms with Crippen LogP contribution in [0.25, 0.3) is 0 Å². The molecule has 0 aliphatic carbocycles. The van der Waals surface area contributed by atoms with E-state index in [-0.39, 0.29) is 18.9 Å². The summed E-state index contributed by atoms with van der Waals surface area (Å²) in [6.07, 6.45) is -1.60. The van der Waals surface area contributed by atoms with Gasteiger partial charge in [-0.05, 0) is 52.0 Å². The number of benzene rings is 1. The van der Waals surface area contributed by atoms with Crippen molar-refractivity contribution in [1.29, 1.82) is 0 Å². The molecule has 0 spiro atoms. The van der Waals surface area contributed by atoms with Crippen molar-refractivity contribution in [3.8, 4) is 0 Å². The maximum Gasteiger partial charge on any atom is 0.411 e. The Balaban J connectivity index is 3.19. The molecule has 3 N–H and O–H groups in total. The number of carbonyl (C=O) groups is 3. The van der Waals surface area contributed by atoms with Crippen molar-refractivity contribution in [2.24, 2.45) is 5.92 Å². The van der Waals surface area contributed by atoms with Gasteiger partial charge in [-0.15, -0.1) is 0 Å². The molecule has 35 heavy (non-hydrogen) atoms. The van der Waals surface area contributed by atoms with Crippen molar-refractivity contribution in [1.82, 2.24) is 10.2 Å². The number of nitrogens with zero attached hydrogens (tertiary/aromatic N) is 1. The maximum absolute atomic E-state index is 13.2. The van der Waals surface area contributed by atoms with Gasteiger partial charge in [0.1, 0.15) is 18.2 Å². The molecule has 9 nitrogen and oxygen atoms in total. The quantitative estimate of drug-likeness (QED) is 0.389. The molecule has 4 atom stereocenters. The first kappa shape index (κ1) is 30.2. The highest BCUT2D eigenvalue weighted by Crippen LogP contribution is 2.22. The van der Waals surface area contributed by atoms with Crippen molar-refractivity contribution >= 4 is 18.2 Å². The number of amides is 2. The smallest absolute Gasteiger partial charge is 0.411 e. The number of aliphatic hydroxyl groups is 1. The average Bonchev–Trinajstić information content (AvgIpc) is 2.75. The van der Waals surface area contributed by atoms with Crippen molar-refractivity contribution in [3.63, 3.8) is 0 Å². The highest BCUT2D eigenvalue weighted by molar-refractivity contribution is 5.80. The number of carboxylic acid groups (broad SMARTS) is 1. The molecule has 0 radical (unpaired) electrons. The molecule has 0 saturated carbocycles. The van der Waals surface area contributed by atoms with Gasteiger partial charge in [0, 0.05) is 0 Å². The van der Waals surface area contributed by atoms with E-state index in [1.807, 2.05) is 39.0 Å². The number of hydrogen-bond acceptors (Lipinski definition) is 6. The lowest BCUT2D eigenvalue weighted by Gasteiger charge is -2.39. The van der Waals surface area contributed by atoms with Crippen LogP contribution >= 0.6 is 0 Å². The van der Waals surface area contributed by atoms with Gasteiger partial charge in [0.05, 0.1) is 18.2 Å². The van der Waals surface area contributed by atoms with Crippen molar-refractivity contribution in [2.75, 3.05) is 0 Å². The molecule has 1 unspecified atom stereocenters. The van der Waals surface area contributed by atoms with E-state index in [9.17, 15) is 24.6 Å². The lowest BCUT2D eigenvalue weighted by molar-refractivity contribution is -0.145.